The second-order valence-corrected chi connectivity index (χ2v) is 11.8. The van der Waals surface area contributed by atoms with Crippen molar-refractivity contribution >= 4 is 16.1 Å². The standard InChI is InChI=1S/C23H42N4O3S/c1-6-8-22(27-16-19(4)15-20(5)17-27)9-7-12-24-23(28)26-13-10-21(11-14-26)25-31(29,30)18(2)3/h6-7,9,18-22,25H,1,8,10-17H2,2-5H3,(H,24,28)/b9-7-/t19-,20?,22?/m1/s1. The summed E-state index contributed by atoms with van der Waals surface area (Å²) in [5, 5.41) is 2.53. The van der Waals surface area contributed by atoms with Gasteiger partial charge in [-0.2, -0.15) is 0 Å². The van der Waals surface area contributed by atoms with Crippen molar-refractivity contribution in [2.45, 2.75) is 70.7 Å². The Balaban J connectivity index is 1.76. The van der Waals surface area contributed by atoms with E-state index in [-0.39, 0.29) is 12.1 Å². The van der Waals surface area contributed by atoms with E-state index in [0.29, 0.717) is 50.4 Å². The van der Waals surface area contributed by atoms with Crippen LogP contribution in [0.4, 0.5) is 4.79 Å². The van der Waals surface area contributed by atoms with E-state index in [9.17, 15) is 13.2 Å². The first-order valence-electron chi connectivity index (χ1n) is 11.7. The summed E-state index contributed by atoms with van der Waals surface area (Å²) >= 11 is 0. The molecule has 0 aromatic heterocycles. The van der Waals surface area contributed by atoms with Gasteiger partial charge in [0.2, 0.25) is 10.0 Å². The number of amides is 2. The molecule has 3 atom stereocenters. The maximum Gasteiger partial charge on any atom is 0.317 e. The largest absolute Gasteiger partial charge is 0.335 e. The Bertz CT molecular complexity index is 704. The molecule has 2 aliphatic rings. The van der Waals surface area contributed by atoms with Crippen LogP contribution < -0.4 is 10.0 Å². The number of hydrogen-bond acceptors (Lipinski definition) is 4. The summed E-state index contributed by atoms with van der Waals surface area (Å²) < 4.78 is 26.8. The van der Waals surface area contributed by atoms with E-state index in [4.69, 9.17) is 0 Å². The van der Waals surface area contributed by atoms with E-state index in [1.165, 1.54) is 6.42 Å². The third-order valence-corrected chi connectivity index (χ3v) is 8.14. The number of sulfonamides is 1. The van der Waals surface area contributed by atoms with Crippen molar-refractivity contribution in [2.24, 2.45) is 11.8 Å². The minimum Gasteiger partial charge on any atom is -0.335 e. The molecule has 0 bridgehead atoms. The second-order valence-electron chi connectivity index (χ2n) is 9.58. The summed E-state index contributed by atoms with van der Waals surface area (Å²) in [4.78, 5) is 16.8. The zero-order valence-corrected chi connectivity index (χ0v) is 20.5. The first kappa shape index (κ1) is 25.9. The van der Waals surface area contributed by atoms with Crippen LogP contribution in [0.5, 0.6) is 0 Å². The van der Waals surface area contributed by atoms with E-state index >= 15 is 0 Å². The minimum absolute atomic E-state index is 0.0877. The molecule has 0 aliphatic carbocycles. The highest BCUT2D eigenvalue weighted by Crippen LogP contribution is 2.24. The fourth-order valence-electron chi connectivity index (χ4n) is 4.55. The highest BCUT2D eigenvalue weighted by atomic mass is 32.2. The van der Waals surface area contributed by atoms with Crippen LogP contribution in [0.25, 0.3) is 0 Å². The molecule has 7 nitrogen and oxygen atoms in total. The van der Waals surface area contributed by atoms with Crippen LogP contribution in [-0.2, 0) is 10.0 Å². The molecule has 178 valence electrons. The average Bonchev–Trinajstić information content (AvgIpc) is 2.69. The lowest BCUT2D eigenvalue weighted by Gasteiger charge is -2.39. The van der Waals surface area contributed by atoms with Crippen molar-refractivity contribution in [1.29, 1.82) is 0 Å². The van der Waals surface area contributed by atoms with Gasteiger partial charge in [-0.25, -0.2) is 17.9 Å². The van der Waals surface area contributed by atoms with E-state index in [0.717, 1.165) is 19.5 Å². The van der Waals surface area contributed by atoms with Crippen LogP contribution in [0.15, 0.2) is 24.8 Å². The molecule has 8 heteroatoms. The predicted octanol–water partition coefficient (Wildman–Crippen LogP) is 2.97. The van der Waals surface area contributed by atoms with Crippen molar-refractivity contribution < 1.29 is 13.2 Å². The third-order valence-electron chi connectivity index (χ3n) is 6.24. The summed E-state index contributed by atoms with van der Waals surface area (Å²) in [6.45, 7) is 15.7. The Kier molecular flexibility index (Phi) is 10.0. The van der Waals surface area contributed by atoms with Gasteiger partial charge in [0, 0.05) is 44.8 Å². The van der Waals surface area contributed by atoms with Crippen LogP contribution in [0, 0.1) is 11.8 Å². The van der Waals surface area contributed by atoms with Crippen LogP contribution in [0.1, 0.15) is 53.4 Å². The summed E-state index contributed by atoms with van der Waals surface area (Å²) in [5.41, 5.74) is 0. The van der Waals surface area contributed by atoms with E-state index in [1.807, 2.05) is 12.2 Å². The summed E-state index contributed by atoms with van der Waals surface area (Å²) in [7, 11) is -3.27. The fourth-order valence-corrected chi connectivity index (χ4v) is 5.53. The molecule has 0 aromatic carbocycles. The number of urea groups is 1. The molecular weight excluding hydrogens is 412 g/mol. The Morgan fingerprint density at radius 3 is 2.32 bits per heavy atom. The van der Waals surface area contributed by atoms with Crippen LogP contribution >= 0.6 is 0 Å². The normalized spacial score (nSPS) is 25.1. The molecule has 2 N–H and O–H groups in total. The molecule has 0 aromatic rings. The lowest BCUT2D eigenvalue weighted by molar-refractivity contribution is 0.115. The van der Waals surface area contributed by atoms with Crippen molar-refractivity contribution in [3.05, 3.63) is 24.8 Å². The first-order valence-corrected chi connectivity index (χ1v) is 13.2. The zero-order valence-electron chi connectivity index (χ0n) is 19.7. The molecule has 0 spiro atoms. The van der Waals surface area contributed by atoms with E-state index in [1.54, 1.807) is 18.7 Å². The molecule has 2 heterocycles. The van der Waals surface area contributed by atoms with E-state index in [2.05, 4.69) is 41.4 Å². The van der Waals surface area contributed by atoms with Gasteiger partial charge in [-0.1, -0.05) is 32.1 Å². The Morgan fingerprint density at radius 2 is 1.77 bits per heavy atom. The van der Waals surface area contributed by atoms with Gasteiger partial charge in [-0.15, -0.1) is 6.58 Å². The predicted molar refractivity (Wildman–Crippen MR) is 127 cm³/mol. The molecule has 2 amide bonds. The molecule has 2 saturated heterocycles. The highest BCUT2D eigenvalue weighted by molar-refractivity contribution is 7.90. The Morgan fingerprint density at radius 1 is 1.16 bits per heavy atom. The lowest BCUT2D eigenvalue weighted by Crippen LogP contribution is -2.50. The molecule has 2 rings (SSSR count). The average molecular weight is 455 g/mol. The van der Waals surface area contributed by atoms with Gasteiger partial charge < -0.3 is 10.2 Å². The summed E-state index contributed by atoms with van der Waals surface area (Å²) in [5.74, 6) is 1.41. The fraction of sp³-hybridized carbons (Fsp3) is 0.783. The Hall–Kier alpha value is -1.38. The zero-order chi connectivity index (χ0) is 23.0. The van der Waals surface area contributed by atoms with Gasteiger partial charge in [0.15, 0.2) is 0 Å². The van der Waals surface area contributed by atoms with Crippen molar-refractivity contribution in [2.75, 3.05) is 32.7 Å². The number of piperidine rings is 2. The molecular formula is C23H42N4O3S. The number of hydrogen-bond donors (Lipinski definition) is 2. The highest BCUT2D eigenvalue weighted by Gasteiger charge is 2.27. The maximum atomic E-state index is 12.5. The van der Waals surface area contributed by atoms with Crippen molar-refractivity contribution in [3.63, 3.8) is 0 Å². The quantitative estimate of drug-likeness (QED) is 0.525. The number of carbonyl (C=O) groups is 1. The van der Waals surface area contributed by atoms with Crippen molar-refractivity contribution in [3.8, 4) is 0 Å². The van der Waals surface area contributed by atoms with Gasteiger partial charge >= 0.3 is 6.03 Å². The number of nitrogens with zero attached hydrogens (tertiary/aromatic N) is 2. The number of nitrogens with one attached hydrogen (secondary N) is 2. The lowest BCUT2D eigenvalue weighted by atomic mass is 9.90. The third kappa shape index (κ3) is 8.24. The van der Waals surface area contributed by atoms with Gasteiger partial charge in [0.25, 0.3) is 0 Å². The number of likely N-dealkylation sites (tertiary alicyclic amines) is 2. The molecule has 0 saturated carbocycles. The minimum atomic E-state index is -3.27. The van der Waals surface area contributed by atoms with Gasteiger partial charge in [-0.3, -0.25) is 4.90 Å². The van der Waals surface area contributed by atoms with Crippen LogP contribution in [-0.4, -0.2) is 74.3 Å². The molecule has 2 aliphatic heterocycles. The van der Waals surface area contributed by atoms with Crippen LogP contribution in [0.3, 0.4) is 0 Å². The van der Waals surface area contributed by atoms with E-state index < -0.39 is 15.3 Å². The number of carbonyl (C=O) groups excluding carboxylic acids is 1. The van der Waals surface area contributed by atoms with Gasteiger partial charge in [-0.05, 0) is 51.4 Å². The smallest absolute Gasteiger partial charge is 0.317 e. The molecule has 2 unspecified atom stereocenters. The molecule has 0 radical (unpaired) electrons. The van der Waals surface area contributed by atoms with Crippen molar-refractivity contribution in [1.82, 2.24) is 19.8 Å². The summed E-state index contributed by atoms with van der Waals surface area (Å²) in [6, 6.07) is 0.143. The SMILES string of the molecule is C=CCC(/C=C\CNC(=O)N1CCC(NS(=O)(=O)C(C)C)CC1)N1CC(C)C[C@@H](C)C1. The second kappa shape index (κ2) is 12.0. The van der Waals surface area contributed by atoms with Gasteiger partial charge in [0.1, 0.15) is 0 Å². The summed E-state index contributed by atoms with van der Waals surface area (Å²) in [6.07, 6.45) is 9.68. The molecule has 2 fully saturated rings. The monoisotopic (exact) mass is 454 g/mol. The first-order chi connectivity index (χ1) is 14.6. The number of rotatable bonds is 9. The maximum absolute atomic E-state index is 12.5. The molecule has 31 heavy (non-hydrogen) atoms. The van der Waals surface area contributed by atoms with Crippen LogP contribution in [0.2, 0.25) is 0 Å². The Labute approximate surface area is 189 Å². The van der Waals surface area contributed by atoms with Gasteiger partial charge in [0.05, 0.1) is 5.25 Å². The topological polar surface area (TPSA) is 81.8 Å².